The Kier molecular flexibility index (Phi) is 39.3. The van der Waals surface area contributed by atoms with E-state index >= 15 is 0 Å². The summed E-state index contributed by atoms with van der Waals surface area (Å²) in [6.45, 7) is 21.8. The quantitative estimate of drug-likeness (QED) is 0.0331. The second kappa shape index (κ2) is 43.4. The fourth-order valence-corrected chi connectivity index (χ4v) is 10.3. The number of nitrogens with one attached hydrogen (secondary N) is 10. The van der Waals surface area contributed by atoms with Crippen molar-refractivity contribution in [2.24, 2.45) is 35.5 Å². The Bertz CT molecular complexity index is 2340. The second-order valence-electron chi connectivity index (χ2n) is 26.5. The summed E-state index contributed by atoms with van der Waals surface area (Å²) < 4.78 is 5.85. The first-order valence-electron chi connectivity index (χ1n) is 33.0. The topological polar surface area (TPSA) is 415 Å². The Morgan fingerprint density at radius 3 is 1.36 bits per heavy atom. The first-order chi connectivity index (χ1) is 42.7. The zero-order valence-corrected chi connectivity index (χ0v) is 56.6. The van der Waals surface area contributed by atoms with Gasteiger partial charge in [-0.2, -0.15) is 0 Å². The predicted octanol–water partition coefficient (Wildman–Crippen LogP) is 2.19. The van der Waals surface area contributed by atoms with Gasteiger partial charge in [0, 0.05) is 6.42 Å². The molecule has 1 aliphatic heterocycles. The predicted molar refractivity (Wildman–Crippen MR) is 340 cm³/mol. The summed E-state index contributed by atoms with van der Waals surface area (Å²) >= 11 is 0. The fourth-order valence-electron chi connectivity index (χ4n) is 10.3. The Hall–Kier alpha value is -6.48. The van der Waals surface area contributed by atoms with Gasteiger partial charge in [0.15, 0.2) is 0 Å². The summed E-state index contributed by atoms with van der Waals surface area (Å²) in [5.74, 6) is -14.7. The van der Waals surface area contributed by atoms with Crippen molar-refractivity contribution < 1.29 is 82.7 Å². The van der Waals surface area contributed by atoms with Crippen molar-refractivity contribution in [3.05, 3.63) is 0 Å². The van der Waals surface area contributed by atoms with Gasteiger partial charge >= 0.3 is 11.9 Å². The van der Waals surface area contributed by atoms with E-state index in [1.54, 1.807) is 69.2 Å². The van der Waals surface area contributed by atoms with Crippen molar-refractivity contribution in [1.82, 2.24) is 53.2 Å². The van der Waals surface area contributed by atoms with E-state index in [9.17, 15) is 78.0 Å². The van der Waals surface area contributed by atoms with Gasteiger partial charge in [0.25, 0.3) is 0 Å². The van der Waals surface area contributed by atoms with Gasteiger partial charge in [-0.25, -0.2) is 4.79 Å². The number of esters is 1. The standard InChI is InChI=1S/C64H114N10O17/c1-15-17-18-19-20-21-22-23-24-25-42(77)32-50(78)65-44(28-35(3)4)56(82)66-43(26-27-51(79)80)55(81)74-54-41(14)91-64(90)52(39(11)12)72-61(87)49(34-76)71-58(84)46(30-37(7)8)67-57(83)45(29-36(5)6)68-60(86)48(33-75)70-59(85)47(31-38(9)10)69-62(88)53(40(13)16-2)73-63(54)89/h35-49,52-54,75-77H,15-34H2,1-14H3,(H,65,78)(H,66,82)(H,67,83)(H,68,86)(H,69,88)(H,70,85)(H,71,84)(H,72,87)(H,73,89)(H,74,81)(H,79,80)/t40-,41+,42?,43-,44+,45+,46+,47+,48-,49-,52+,53-,54-/m1/s1. The molecule has 91 heavy (non-hydrogen) atoms. The van der Waals surface area contributed by atoms with E-state index in [0.717, 1.165) is 32.1 Å². The van der Waals surface area contributed by atoms with Crippen LogP contribution in [0.4, 0.5) is 0 Å². The summed E-state index contributed by atoms with van der Waals surface area (Å²) in [5.41, 5.74) is 0. The lowest BCUT2D eigenvalue weighted by atomic mass is 9.96. The number of unbranched alkanes of at least 4 members (excludes halogenated alkanes) is 8. The maximum absolute atomic E-state index is 15.0. The number of aliphatic hydroxyl groups is 3. The molecule has 0 aliphatic carbocycles. The Morgan fingerprint density at radius 1 is 0.505 bits per heavy atom. The SMILES string of the molecule is CCCCCCCCCCCC(O)CC(=O)N[C@@H](CC(C)C)C(=O)N[C@H](CCC(=O)O)C(=O)N[C@H]1C(=O)N[C@H]([C@H](C)CC)C(=O)N[C@@H](CC(C)C)C(=O)N[C@H](CO)C(=O)N[C@@H](CC(C)C)C(=O)N[C@@H](CC(C)C)C(=O)N[C@H](CO)C(=O)N[C@@H](C(C)C)C(=O)O[C@H]1C. The Balaban J connectivity index is 4.02. The summed E-state index contributed by atoms with van der Waals surface area (Å²) in [6.07, 6.45) is 5.80. The fraction of sp³-hybridized carbons (Fsp3) is 0.812. The number of amides is 10. The molecule has 14 N–H and O–H groups in total. The minimum absolute atomic E-state index is 0.00513. The summed E-state index contributed by atoms with van der Waals surface area (Å²) in [4.78, 5) is 168. The molecule has 0 aromatic heterocycles. The van der Waals surface area contributed by atoms with E-state index < -0.39 is 182 Å². The highest BCUT2D eigenvalue weighted by Gasteiger charge is 2.41. The lowest BCUT2D eigenvalue weighted by molar-refractivity contribution is -0.157. The number of ether oxygens (including phenoxy) is 1. The molecular formula is C64H114N10O17. The highest BCUT2D eigenvalue weighted by molar-refractivity contribution is 5.99. The van der Waals surface area contributed by atoms with Crippen LogP contribution in [0.1, 0.15) is 213 Å². The first kappa shape index (κ1) is 82.5. The van der Waals surface area contributed by atoms with Gasteiger partial charge in [-0.3, -0.25) is 52.7 Å². The largest absolute Gasteiger partial charge is 0.481 e. The second-order valence-corrected chi connectivity index (χ2v) is 26.5. The molecule has 1 rings (SSSR count). The van der Waals surface area contributed by atoms with Gasteiger partial charge in [-0.1, -0.05) is 154 Å². The smallest absolute Gasteiger partial charge is 0.329 e. The molecule has 0 aromatic rings. The molecule has 27 heteroatoms. The molecule has 522 valence electrons. The van der Waals surface area contributed by atoms with Gasteiger partial charge in [-0.15, -0.1) is 0 Å². The number of carboxylic acids is 1. The van der Waals surface area contributed by atoms with Crippen molar-refractivity contribution in [2.75, 3.05) is 13.2 Å². The van der Waals surface area contributed by atoms with Crippen molar-refractivity contribution >= 4 is 71.0 Å². The number of cyclic esters (lactones) is 1. The van der Waals surface area contributed by atoms with E-state index in [0.29, 0.717) is 12.8 Å². The number of aliphatic carboxylic acids is 1. The van der Waals surface area contributed by atoms with Gasteiger partial charge in [0.05, 0.1) is 25.7 Å². The number of hydrogen-bond donors (Lipinski definition) is 14. The normalized spacial score (nSPS) is 23.6. The maximum atomic E-state index is 15.0. The molecule has 10 amide bonds. The van der Waals surface area contributed by atoms with E-state index in [1.165, 1.54) is 40.0 Å². The average Bonchev–Trinajstić information content (AvgIpc) is 1.67. The molecule has 0 aromatic carbocycles. The van der Waals surface area contributed by atoms with Gasteiger partial charge in [-0.05, 0) is 81.0 Å². The van der Waals surface area contributed by atoms with Crippen LogP contribution >= 0.6 is 0 Å². The van der Waals surface area contributed by atoms with Crippen LogP contribution < -0.4 is 53.2 Å². The van der Waals surface area contributed by atoms with E-state index in [4.69, 9.17) is 4.74 Å². The van der Waals surface area contributed by atoms with Crippen LogP contribution in [0, 0.1) is 35.5 Å². The number of carboxylic acid groups (broad SMARTS) is 1. The highest BCUT2D eigenvalue weighted by atomic mass is 16.5. The summed E-state index contributed by atoms with van der Waals surface area (Å²) in [5, 5.41) is 67.0. The average molecular weight is 1300 g/mol. The third-order valence-electron chi connectivity index (χ3n) is 15.7. The summed E-state index contributed by atoms with van der Waals surface area (Å²) in [6, 6.07) is -15.7. The Morgan fingerprint density at radius 2 is 0.934 bits per heavy atom. The van der Waals surface area contributed by atoms with Gasteiger partial charge in [0.1, 0.15) is 66.5 Å². The van der Waals surface area contributed by atoms with Gasteiger partial charge < -0.3 is 78.3 Å². The van der Waals surface area contributed by atoms with Crippen LogP contribution in [0.5, 0.6) is 0 Å². The molecule has 13 atom stereocenters. The van der Waals surface area contributed by atoms with Crippen LogP contribution in [0.3, 0.4) is 0 Å². The van der Waals surface area contributed by atoms with Crippen molar-refractivity contribution in [1.29, 1.82) is 0 Å². The molecule has 1 heterocycles. The van der Waals surface area contributed by atoms with Gasteiger partial charge in [0.2, 0.25) is 59.1 Å². The lowest BCUT2D eigenvalue weighted by Crippen LogP contribution is -2.63. The molecule has 1 saturated heterocycles. The van der Waals surface area contributed by atoms with Crippen molar-refractivity contribution in [3.63, 3.8) is 0 Å². The minimum Gasteiger partial charge on any atom is -0.481 e. The van der Waals surface area contributed by atoms with Crippen molar-refractivity contribution in [3.8, 4) is 0 Å². The number of hydrogen-bond acceptors (Lipinski definition) is 16. The lowest BCUT2D eigenvalue weighted by Gasteiger charge is -2.32. The number of aliphatic hydroxyl groups excluding tert-OH is 3. The molecule has 0 spiro atoms. The molecule has 0 saturated carbocycles. The Labute approximate surface area is 538 Å². The summed E-state index contributed by atoms with van der Waals surface area (Å²) in [7, 11) is 0. The third kappa shape index (κ3) is 32.1. The van der Waals surface area contributed by atoms with Crippen LogP contribution in [0.25, 0.3) is 0 Å². The number of rotatable bonds is 33. The molecule has 1 fully saturated rings. The zero-order valence-electron chi connectivity index (χ0n) is 56.6. The molecular weight excluding hydrogens is 1180 g/mol. The van der Waals surface area contributed by atoms with E-state index in [2.05, 4.69) is 60.1 Å². The molecule has 0 radical (unpaired) electrons. The maximum Gasteiger partial charge on any atom is 0.329 e. The van der Waals surface area contributed by atoms with Crippen molar-refractivity contribution in [2.45, 2.75) is 285 Å². The zero-order chi connectivity index (χ0) is 69.2. The number of carbonyl (C=O) groups excluding carboxylic acids is 11. The first-order valence-corrected chi connectivity index (χ1v) is 33.0. The minimum atomic E-state index is -1.99. The van der Waals surface area contributed by atoms with Crippen LogP contribution in [0.15, 0.2) is 0 Å². The number of carbonyl (C=O) groups is 12. The molecule has 1 aliphatic rings. The van der Waals surface area contributed by atoms with Crippen LogP contribution in [-0.2, 0) is 62.3 Å². The van der Waals surface area contributed by atoms with E-state index in [1.807, 2.05) is 0 Å². The van der Waals surface area contributed by atoms with Crippen LogP contribution in [-0.4, -0.2) is 177 Å². The van der Waals surface area contributed by atoms with Crippen LogP contribution in [0.2, 0.25) is 0 Å². The molecule has 1 unspecified atom stereocenters. The molecule has 0 bridgehead atoms. The van der Waals surface area contributed by atoms with E-state index in [-0.39, 0.29) is 62.2 Å². The monoisotopic (exact) mass is 1290 g/mol. The third-order valence-corrected chi connectivity index (χ3v) is 15.7. The highest BCUT2D eigenvalue weighted by Crippen LogP contribution is 2.18. The molecule has 27 nitrogen and oxygen atoms in total.